The molecule has 1 heterocycles. The number of hydrogen-bond donors (Lipinski definition) is 0. The Morgan fingerprint density at radius 1 is 1.18 bits per heavy atom. The fraction of sp³-hybridized carbons (Fsp3) is 0.385. The van der Waals surface area contributed by atoms with Crippen molar-refractivity contribution >= 4 is 11.8 Å². The summed E-state index contributed by atoms with van der Waals surface area (Å²) >= 11 is 0. The molecular formula is C13H16N2O2. The Morgan fingerprint density at radius 3 is 2.59 bits per heavy atom. The molecule has 0 aromatic heterocycles. The van der Waals surface area contributed by atoms with Crippen LogP contribution in [0.25, 0.3) is 6.08 Å². The van der Waals surface area contributed by atoms with Gasteiger partial charge in [-0.15, -0.1) is 0 Å². The van der Waals surface area contributed by atoms with Crippen molar-refractivity contribution in [3.05, 3.63) is 46.1 Å². The van der Waals surface area contributed by atoms with Crippen LogP contribution in [0.4, 0.5) is 5.69 Å². The van der Waals surface area contributed by atoms with Crippen LogP contribution in [0.15, 0.2) is 30.5 Å². The van der Waals surface area contributed by atoms with Crippen LogP contribution in [0.5, 0.6) is 0 Å². The number of para-hydroxylation sites is 1. The molecule has 2 rings (SSSR count). The third-order valence-electron chi connectivity index (χ3n) is 2.99. The SMILES string of the molecule is O=[N+]([O-])c1ccccc1/C=C/N1CCCCC1. The van der Waals surface area contributed by atoms with Gasteiger partial charge in [0.15, 0.2) is 0 Å². The Kier molecular flexibility index (Phi) is 3.75. The van der Waals surface area contributed by atoms with Crippen molar-refractivity contribution in [2.45, 2.75) is 19.3 Å². The molecule has 0 bridgehead atoms. The average Bonchev–Trinajstić information content (AvgIpc) is 2.38. The largest absolute Gasteiger partial charge is 0.377 e. The molecule has 1 fully saturated rings. The Morgan fingerprint density at radius 2 is 1.88 bits per heavy atom. The van der Waals surface area contributed by atoms with Gasteiger partial charge in [0, 0.05) is 19.2 Å². The molecule has 0 N–H and O–H groups in total. The van der Waals surface area contributed by atoms with Crippen LogP contribution in [-0.2, 0) is 0 Å². The van der Waals surface area contributed by atoms with Crippen LogP contribution in [0.1, 0.15) is 24.8 Å². The van der Waals surface area contributed by atoms with Gasteiger partial charge in [-0.3, -0.25) is 10.1 Å². The van der Waals surface area contributed by atoms with E-state index in [4.69, 9.17) is 0 Å². The van der Waals surface area contributed by atoms with Gasteiger partial charge >= 0.3 is 0 Å². The van der Waals surface area contributed by atoms with Crippen molar-refractivity contribution in [2.24, 2.45) is 0 Å². The van der Waals surface area contributed by atoms with Crippen molar-refractivity contribution in [3.63, 3.8) is 0 Å². The van der Waals surface area contributed by atoms with Crippen LogP contribution in [-0.4, -0.2) is 22.9 Å². The fourth-order valence-corrected chi connectivity index (χ4v) is 2.05. The van der Waals surface area contributed by atoms with Crippen molar-refractivity contribution in [2.75, 3.05) is 13.1 Å². The van der Waals surface area contributed by atoms with Crippen molar-refractivity contribution in [3.8, 4) is 0 Å². The lowest BCUT2D eigenvalue weighted by Gasteiger charge is -2.24. The third-order valence-corrected chi connectivity index (χ3v) is 2.99. The second kappa shape index (κ2) is 5.48. The molecule has 0 amide bonds. The summed E-state index contributed by atoms with van der Waals surface area (Å²) in [6.45, 7) is 2.11. The molecule has 1 aromatic carbocycles. The Balaban J connectivity index is 2.11. The second-order valence-electron chi connectivity index (χ2n) is 4.23. The van der Waals surface area contributed by atoms with Gasteiger partial charge in [-0.1, -0.05) is 12.1 Å². The number of nitrogens with zero attached hydrogens (tertiary/aromatic N) is 2. The number of hydrogen-bond acceptors (Lipinski definition) is 3. The lowest BCUT2D eigenvalue weighted by Crippen LogP contribution is -2.23. The predicted molar refractivity (Wildman–Crippen MR) is 67.6 cm³/mol. The van der Waals surface area contributed by atoms with E-state index in [0.717, 1.165) is 13.1 Å². The van der Waals surface area contributed by atoms with Gasteiger partial charge in [-0.25, -0.2) is 0 Å². The molecule has 1 aliphatic heterocycles. The minimum atomic E-state index is -0.337. The Bertz CT molecular complexity index is 423. The molecule has 1 aromatic rings. The summed E-state index contributed by atoms with van der Waals surface area (Å²) < 4.78 is 0. The van der Waals surface area contributed by atoms with E-state index in [1.54, 1.807) is 12.1 Å². The van der Waals surface area contributed by atoms with Crippen LogP contribution in [0.2, 0.25) is 0 Å². The third kappa shape index (κ3) is 3.06. The molecule has 0 aliphatic carbocycles. The lowest BCUT2D eigenvalue weighted by atomic mass is 10.1. The summed E-state index contributed by atoms with van der Waals surface area (Å²) in [6.07, 6.45) is 7.52. The summed E-state index contributed by atoms with van der Waals surface area (Å²) in [6, 6.07) is 6.83. The van der Waals surface area contributed by atoms with Crippen LogP contribution >= 0.6 is 0 Å². The van der Waals surface area contributed by atoms with Crippen molar-refractivity contribution < 1.29 is 4.92 Å². The molecule has 0 saturated carbocycles. The van der Waals surface area contributed by atoms with E-state index >= 15 is 0 Å². The quantitative estimate of drug-likeness (QED) is 0.594. The van der Waals surface area contributed by atoms with Gasteiger partial charge in [0.1, 0.15) is 0 Å². The molecule has 0 spiro atoms. The highest BCUT2D eigenvalue weighted by molar-refractivity contribution is 5.60. The summed E-state index contributed by atoms with van der Waals surface area (Å²) in [7, 11) is 0. The second-order valence-corrected chi connectivity index (χ2v) is 4.23. The first-order valence-corrected chi connectivity index (χ1v) is 5.93. The Labute approximate surface area is 101 Å². The number of rotatable bonds is 3. The topological polar surface area (TPSA) is 46.4 Å². The average molecular weight is 232 g/mol. The van der Waals surface area contributed by atoms with E-state index in [-0.39, 0.29) is 10.6 Å². The van der Waals surface area contributed by atoms with E-state index in [9.17, 15) is 10.1 Å². The number of piperidine rings is 1. The highest BCUT2D eigenvalue weighted by Gasteiger charge is 2.10. The summed E-state index contributed by atoms with van der Waals surface area (Å²) in [5.41, 5.74) is 0.837. The lowest BCUT2D eigenvalue weighted by molar-refractivity contribution is -0.385. The van der Waals surface area contributed by atoms with Crippen molar-refractivity contribution in [1.29, 1.82) is 0 Å². The van der Waals surface area contributed by atoms with Crippen LogP contribution in [0, 0.1) is 10.1 Å². The molecule has 4 nitrogen and oxygen atoms in total. The molecule has 90 valence electrons. The zero-order chi connectivity index (χ0) is 12.1. The summed E-state index contributed by atoms with van der Waals surface area (Å²) in [5, 5.41) is 10.8. The van der Waals surface area contributed by atoms with Gasteiger partial charge < -0.3 is 4.90 Å². The molecule has 1 aliphatic rings. The van der Waals surface area contributed by atoms with Gasteiger partial charge in [0.25, 0.3) is 5.69 Å². The molecular weight excluding hydrogens is 216 g/mol. The molecule has 0 unspecified atom stereocenters. The maximum Gasteiger partial charge on any atom is 0.276 e. The highest BCUT2D eigenvalue weighted by Crippen LogP contribution is 2.19. The molecule has 4 heteroatoms. The standard InChI is InChI=1S/C13H16N2O2/c16-15(17)13-7-3-2-6-12(13)8-11-14-9-4-1-5-10-14/h2-3,6-8,11H,1,4-5,9-10H2/b11-8+. The molecule has 1 saturated heterocycles. The molecule has 0 atom stereocenters. The zero-order valence-corrected chi connectivity index (χ0v) is 9.71. The van der Waals surface area contributed by atoms with E-state index in [2.05, 4.69) is 4.90 Å². The molecule has 0 radical (unpaired) electrons. The van der Waals surface area contributed by atoms with E-state index in [1.165, 1.54) is 25.3 Å². The van der Waals surface area contributed by atoms with Crippen LogP contribution < -0.4 is 0 Å². The summed E-state index contributed by atoms with van der Waals surface area (Å²) in [4.78, 5) is 12.7. The Hall–Kier alpha value is -1.84. The normalized spacial score (nSPS) is 16.4. The first kappa shape index (κ1) is 11.6. The van der Waals surface area contributed by atoms with Gasteiger partial charge in [-0.2, -0.15) is 0 Å². The minimum absolute atomic E-state index is 0.167. The number of nitro benzene ring substituents is 1. The van der Waals surface area contributed by atoms with E-state index in [1.807, 2.05) is 18.3 Å². The highest BCUT2D eigenvalue weighted by atomic mass is 16.6. The monoisotopic (exact) mass is 232 g/mol. The van der Waals surface area contributed by atoms with Gasteiger partial charge in [-0.05, 0) is 37.6 Å². The smallest absolute Gasteiger partial charge is 0.276 e. The van der Waals surface area contributed by atoms with E-state index < -0.39 is 0 Å². The predicted octanol–water partition coefficient (Wildman–Crippen LogP) is 3.05. The fourth-order valence-electron chi connectivity index (χ4n) is 2.05. The minimum Gasteiger partial charge on any atom is -0.377 e. The number of likely N-dealkylation sites (tertiary alicyclic amines) is 1. The van der Waals surface area contributed by atoms with Crippen molar-refractivity contribution in [1.82, 2.24) is 4.90 Å². The first-order chi connectivity index (χ1) is 8.27. The van der Waals surface area contributed by atoms with Gasteiger partial charge in [0.2, 0.25) is 0 Å². The number of nitro groups is 1. The number of benzene rings is 1. The molecule has 17 heavy (non-hydrogen) atoms. The van der Waals surface area contributed by atoms with E-state index in [0.29, 0.717) is 5.56 Å². The van der Waals surface area contributed by atoms with Crippen LogP contribution in [0.3, 0.4) is 0 Å². The summed E-state index contributed by atoms with van der Waals surface area (Å²) in [5.74, 6) is 0. The first-order valence-electron chi connectivity index (χ1n) is 5.93. The zero-order valence-electron chi connectivity index (χ0n) is 9.71. The van der Waals surface area contributed by atoms with Gasteiger partial charge in [0.05, 0.1) is 10.5 Å². The maximum absolute atomic E-state index is 10.8. The maximum atomic E-state index is 10.8.